The van der Waals surface area contributed by atoms with Gasteiger partial charge in [-0.3, -0.25) is 0 Å². The summed E-state index contributed by atoms with van der Waals surface area (Å²) in [5.74, 6) is 0.895. The number of rotatable bonds is 3. The SMILES string of the molecule is C=C(C)COc1cccc2c1CCC2O. The van der Waals surface area contributed by atoms with Gasteiger partial charge in [0.05, 0.1) is 6.10 Å². The lowest BCUT2D eigenvalue weighted by Crippen LogP contribution is -2.00. The molecular formula is C13H16O2. The van der Waals surface area contributed by atoms with E-state index >= 15 is 0 Å². The fraction of sp³-hybridized carbons (Fsp3) is 0.385. The standard InChI is InChI=1S/C13H16O2/c1-9(2)8-15-13-5-3-4-10-11(13)6-7-12(10)14/h3-5,12,14H,1,6-8H2,2H3. The van der Waals surface area contributed by atoms with Crippen LogP contribution in [0, 0.1) is 0 Å². The van der Waals surface area contributed by atoms with Gasteiger partial charge in [0.15, 0.2) is 0 Å². The van der Waals surface area contributed by atoms with Gasteiger partial charge in [-0.25, -0.2) is 0 Å². The number of aliphatic hydroxyl groups is 1. The highest BCUT2D eigenvalue weighted by molar-refractivity contribution is 5.44. The van der Waals surface area contributed by atoms with E-state index in [1.807, 2.05) is 25.1 Å². The normalized spacial score (nSPS) is 18.7. The molecule has 1 atom stereocenters. The van der Waals surface area contributed by atoms with Crippen molar-refractivity contribution in [2.75, 3.05) is 6.61 Å². The number of ether oxygens (including phenoxy) is 1. The van der Waals surface area contributed by atoms with Crippen molar-refractivity contribution in [3.8, 4) is 5.75 Å². The lowest BCUT2D eigenvalue weighted by atomic mass is 10.1. The minimum atomic E-state index is -0.312. The molecule has 1 N–H and O–H groups in total. The maximum absolute atomic E-state index is 9.71. The van der Waals surface area contributed by atoms with Crippen LogP contribution in [0.4, 0.5) is 0 Å². The molecule has 0 heterocycles. The van der Waals surface area contributed by atoms with Crippen LogP contribution in [0.5, 0.6) is 5.75 Å². The summed E-state index contributed by atoms with van der Waals surface area (Å²) < 4.78 is 5.65. The molecule has 0 aliphatic heterocycles. The van der Waals surface area contributed by atoms with E-state index in [0.717, 1.165) is 35.3 Å². The summed E-state index contributed by atoms with van der Waals surface area (Å²) in [6.07, 6.45) is 1.40. The molecule has 2 heteroatoms. The summed E-state index contributed by atoms with van der Waals surface area (Å²) in [6.45, 7) is 6.29. The van der Waals surface area contributed by atoms with Crippen molar-refractivity contribution in [3.05, 3.63) is 41.5 Å². The van der Waals surface area contributed by atoms with E-state index in [1.165, 1.54) is 0 Å². The van der Waals surface area contributed by atoms with E-state index in [1.54, 1.807) is 0 Å². The summed E-state index contributed by atoms with van der Waals surface area (Å²) in [5.41, 5.74) is 3.19. The van der Waals surface area contributed by atoms with Crippen molar-refractivity contribution in [2.24, 2.45) is 0 Å². The second kappa shape index (κ2) is 4.07. The number of hydrogen-bond acceptors (Lipinski definition) is 2. The Morgan fingerprint density at radius 3 is 3.13 bits per heavy atom. The van der Waals surface area contributed by atoms with Crippen LogP contribution in [0.3, 0.4) is 0 Å². The molecule has 2 nitrogen and oxygen atoms in total. The Bertz CT molecular complexity index is 382. The Balaban J connectivity index is 2.22. The van der Waals surface area contributed by atoms with E-state index in [9.17, 15) is 5.11 Å². The van der Waals surface area contributed by atoms with Crippen LogP contribution in [-0.4, -0.2) is 11.7 Å². The Kier molecular flexibility index (Phi) is 2.78. The van der Waals surface area contributed by atoms with Gasteiger partial charge in [-0.2, -0.15) is 0 Å². The summed E-state index contributed by atoms with van der Waals surface area (Å²) in [4.78, 5) is 0. The van der Waals surface area contributed by atoms with Gasteiger partial charge in [0.25, 0.3) is 0 Å². The van der Waals surface area contributed by atoms with Gasteiger partial charge in [0.2, 0.25) is 0 Å². The molecule has 15 heavy (non-hydrogen) atoms. The molecule has 0 saturated carbocycles. The van der Waals surface area contributed by atoms with Crippen LogP contribution < -0.4 is 4.74 Å². The van der Waals surface area contributed by atoms with Gasteiger partial charge in [0, 0.05) is 5.56 Å². The van der Waals surface area contributed by atoms with Crippen LogP contribution in [0.15, 0.2) is 30.4 Å². The van der Waals surface area contributed by atoms with E-state index in [0.29, 0.717) is 6.61 Å². The Hall–Kier alpha value is -1.28. The monoisotopic (exact) mass is 204 g/mol. The van der Waals surface area contributed by atoms with Crippen LogP contribution in [0.1, 0.15) is 30.6 Å². The first kappa shape index (κ1) is 10.2. The van der Waals surface area contributed by atoms with E-state index < -0.39 is 0 Å². The molecule has 0 bridgehead atoms. The number of aliphatic hydroxyl groups excluding tert-OH is 1. The van der Waals surface area contributed by atoms with E-state index in [2.05, 4.69) is 6.58 Å². The zero-order chi connectivity index (χ0) is 10.8. The van der Waals surface area contributed by atoms with Crippen molar-refractivity contribution in [3.63, 3.8) is 0 Å². The molecular weight excluding hydrogens is 188 g/mol. The van der Waals surface area contributed by atoms with Crippen molar-refractivity contribution in [2.45, 2.75) is 25.9 Å². The third kappa shape index (κ3) is 2.05. The largest absolute Gasteiger partial charge is 0.489 e. The molecule has 0 radical (unpaired) electrons. The molecule has 1 aromatic carbocycles. The molecule has 0 amide bonds. The minimum Gasteiger partial charge on any atom is -0.489 e. The molecule has 1 aliphatic carbocycles. The second-order valence-electron chi connectivity index (χ2n) is 4.12. The fourth-order valence-corrected chi connectivity index (χ4v) is 1.94. The molecule has 80 valence electrons. The van der Waals surface area contributed by atoms with Crippen molar-refractivity contribution in [1.29, 1.82) is 0 Å². The van der Waals surface area contributed by atoms with Crippen molar-refractivity contribution in [1.82, 2.24) is 0 Å². The first-order valence-electron chi connectivity index (χ1n) is 5.25. The fourth-order valence-electron chi connectivity index (χ4n) is 1.94. The first-order chi connectivity index (χ1) is 7.18. The summed E-state index contributed by atoms with van der Waals surface area (Å²) in [6, 6.07) is 5.86. The summed E-state index contributed by atoms with van der Waals surface area (Å²) in [7, 11) is 0. The number of hydrogen-bond donors (Lipinski definition) is 1. The zero-order valence-corrected chi connectivity index (χ0v) is 8.99. The average Bonchev–Trinajstić information content (AvgIpc) is 2.58. The molecule has 1 aromatic rings. The highest BCUT2D eigenvalue weighted by Gasteiger charge is 2.22. The molecule has 0 spiro atoms. The summed E-state index contributed by atoms with van der Waals surface area (Å²) >= 11 is 0. The van der Waals surface area contributed by atoms with Crippen molar-refractivity contribution < 1.29 is 9.84 Å². The maximum Gasteiger partial charge on any atom is 0.123 e. The molecule has 0 saturated heterocycles. The maximum atomic E-state index is 9.71. The van der Waals surface area contributed by atoms with Gasteiger partial charge < -0.3 is 9.84 Å². The average molecular weight is 204 g/mol. The number of fused-ring (bicyclic) bond motifs is 1. The molecule has 1 unspecified atom stereocenters. The van der Waals surface area contributed by atoms with Gasteiger partial charge in [-0.15, -0.1) is 0 Å². The Labute approximate surface area is 90.2 Å². The number of benzene rings is 1. The Morgan fingerprint density at radius 2 is 2.40 bits per heavy atom. The smallest absolute Gasteiger partial charge is 0.123 e. The molecule has 0 aromatic heterocycles. The third-order valence-electron chi connectivity index (χ3n) is 2.67. The minimum absolute atomic E-state index is 0.312. The molecule has 1 aliphatic rings. The van der Waals surface area contributed by atoms with E-state index in [4.69, 9.17) is 4.74 Å². The predicted octanol–water partition coefficient (Wildman–Crippen LogP) is 2.62. The van der Waals surface area contributed by atoms with Crippen LogP contribution >= 0.6 is 0 Å². The predicted molar refractivity (Wildman–Crippen MR) is 60.0 cm³/mol. The highest BCUT2D eigenvalue weighted by Crippen LogP contribution is 2.36. The third-order valence-corrected chi connectivity index (χ3v) is 2.67. The van der Waals surface area contributed by atoms with Crippen LogP contribution in [0.2, 0.25) is 0 Å². The lowest BCUT2D eigenvalue weighted by molar-refractivity contribution is 0.180. The second-order valence-corrected chi connectivity index (χ2v) is 4.12. The van der Waals surface area contributed by atoms with Gasteiger partial charge in [-0.05, 0) is 37.0 Å². The first-order valence-corrected chi connectivity index (χ1v) is 5.25. The zero-order valence-electron chi connectivity index (χ0n) is 8.99. The summed E-state index contributed by atoms with van der Waals surface area (Å²) in [5, 5.41) is 9.71. The van der Waals surface area contributed by atoms with Gasteiger partial charge in [-0.1, -0.05) is 18.7 Å². The highest BCUT2D eigenvalue weighted by atomic mass is 16.5. The van der Waals surface area contributed by atoms with Gasteiger partial charge in [0.1, 0.15) is 12.4 Å². The van der Waals surface area contributed by atoms with Gasteiger partial charge >= 0.3 is 0 Å². The topological polar surface area (TPSA) is 29.5 Å². The molecule has 0 fully saturated rings. The lowest BCUT2D eigenvalue weighted by Gasteiger charge is -2.11. The van der Waals surface area contributed by atoms with Crippen LogP contribution in [0.25, 0.3) is 0 Å². The quantitative estimate of drug-likeness (QED) is 0.767. The van der Waals surface area contributed by atoms with Crippen molar-refractivity contribution >= 4 is 0 Å². The Morgan fingerprint density at radius 1 is 1.60 bits per heavy atom. The molecule has 2 rings (SSSR count). The van der Waals surface area contributed by atoms with Crippen LogP contribution in [-0.2, 0) is 6.42 Å². The van der Waals surface area contributed by atoms with E-state index in [-0.39, 0.29) is 6.10 Å².